The third kappa shape index (κ3) is 4.33. The smallest absolute Gasteiger partial charge is 0.387 e. The number of hydrogen-bond donors (Lipinski definition) is 2. The predicted octanol–water partition coefficient (Wildman–Crippen LogP) is 3.46. The number of fused-ring (bicyclic) bond motifs is 1. The molecule has 2 amide bonds. The van der Waals surface area contributed by atoms with Crippen molar-refractivity contribution in [1.29, 1.82) is 0 Å². The van der Waals surface area contributed by atoms with Crippen molar-refractivity contribution in [3.05, 3.63) is 48.5 Å². The van der Waals surface area contributed by atoms with Gasteiger partial charge in [0.2, 0.25) is 11.8 Å². The van der Waals surface area contributed by atoms with E-state index in [0.717, 1.165) is 0 Å². The van der Waals surface area contributed by atoms with E-state index in [4.69, 9.17) is 0 Å². The average molecular weight is 375 g/mol. The lowest BCUT2D eigenvalue weighted by Crippen LogP contribution is -2.42. The summed E-state index contributed by atoms with van der Waals surface area (Å²) in [5.74, 6) is -0.506. The molecule has 0 spiro atoms. The fourth-order valence-electron chi connectivity index (χ4n) is 3.04. The molecule has 1 atom stereocenters. The van der Waals surface area contributed by atoms with Gasteiger partial charge in [0.15, 0.2) is 0 Å². The Labute approximate surface area is 155 Å². The van der Waals surface area contributed by atoms with Gasteiger partial charge in [-0.1, -0.05) is 24.3 Å². The number of nitrogens with one attached hydrogen (secondary N) is 2. The van der Waals surface area contributed by atoms with Crippen molar-refractivity contribution in [2.75, 3.05) is 22.1 Å². The molecule has 0 bridgehead atoms. The Morgan fingerprint density at radius 1 is 1.26 bits per heavy atom. The summed E-state index contributed by atoms with van der Waals surface area (Å²) in [6.07, 6.45) is 0.158. The summed E-state index contributed by atoms with van der Waals surface area (Å²) in [6.45, 7) is -1.32. The van der Waals surface area contributed by atoms with Gasteiger partial charge in [0.05, 0.1) is 23.6 Å². The van der Waals surface area contributed by atoms with Gasteiger partial charge in [-0.05, 0) is 31.2 Å². The molecule has 1 aliphatic rings. The van der Waals surface area contributed by atoms with Crippen molar-refractivity contribution < 1.29 is 23.1 Å². The van der Waals surface area contributed by atoms with Crippen molar-refractivity contribution in [1.82, 2.24) is 0 Å². The normalized spacial score (nSPS) is 16.4. The van der Waals surface area contributed by atoms with Gasteiger partial charge >= 0.3 is 6.61 Å². The van der Waals surface area contributed by atoms with Gasteiger partial charge in [-0.15, -0.1) is 0 Å². The first-order valence-electron chi connectivity index (χ1n) is 8.44. The van der Waals surface area contributed by atoms with Crippen LogP contribution in [0.3, 0.4) is 0 Å². The molecule has 1 heterocycles. The molecule has 0 aromatic heterocycles. The minimum atomic E-state index is -2.96. The highest BCUT2D eigenvalue weighted by Gasteiger charge is 2.29. The molecule has 0 radical (unpaired) electrons. The number of carbonyl (C=O) groups is 2. The maximum atomic E-state index is 12.9. The minimum absolute atomic E-state index is 0.0403. The summed E-state index contributed by atoms with van der Waals surface area (Å²) in [5.41, 5.74) is 1.44. The van der Waals surface area contributed by atoms with E-state index >= 15 is 0 Å². The first-order valence-corrected chi connectivity index (χ1v) is 8.44. The summed E-state index contributed by atoms with van der Waals surface area (Å²) in [4.78, 5) is 26.4. The molecule has 27 heavy (non-hydrogen) atoms. The number of ether oxygens (including phenoxy) is 1. The maximum absolute atomic E-state index is 12.9. The number of anilines is 3. The third-order valence-electron chi connectivity index (χ3n) is 4.16. The highest BCUT2D eigenvalue weighted by molar-refractivity contribution is 6.05. The second-order valence-electron chi connectivity index (χ2n) is 6.11. The first kappa shape index (κ1) is 18.6. The zero-order chi connectivity index (χ0) is 19.4. The van der Waals surface area contributed by atoms with Crippen molar-refractivity contribution in [3.8, 4) is 5.75 Å². The van der Waals surface area contributed by atoms with Gasteiger partial charge in [-0.25, -0.2) is 0 Å². The van der Waals surface area contributed by atoms with E-state index in [1.807, 2.05) is 0 Å². The molecule has 0 aliphatic carbocycles. The van der Waals surface area contributed by atoms with E-state index in [-0.39, 0.29) is 42.3 Å². The Bertz CT molecular complexity index is 844. The highest BCUT2D eigenvalue weighted by Crippen LogP contribution is 2.31. The Kier molecular flexibility index (Phi) is 5.54. The number of rotatable bonds is 5. The van der Waals surface area contributed by atoms with Crippen LogP contribution < -0.4 is 20.3 Å². The molecular formula is C19H19F2N3O3. The van der Waals surface area contributed by atoms with Crippen LogP contribution in [-0.4, -0.2) is 31.0 Å². The quantitative estimate of drug-likeness (QED) is 0.840. The Balaban J connectivity index is 1.79. The van der Waals surface area contributed by atoms with Crippen LogP contribution in [0.15, 0.2) is 48.5 Å². The van der Waals surface area contributed by atoms with E-state index in [1.165, 1.54) is 11.0 Å². The second kappa shape index (κ2) is 8.03. The van der Waals surface area contributed by atoms with Crippen molar-refractivity contribution in [2.45, 2.75) is 26.0 Å². The monoisotopic (exact) mass is 375 g/mol. The number of halogens is 2. The molecule has 1 unspecified atom stereocenters. The van der Waals surface area contributed by atoms with E-state index in [1.54, 1.807) is 49.4 Å². The molecular weight excluding hydrogens is 356 g/mol. The van der Waals surface area contributed by atoms with Gasteiger partial charge in [0.1, 0.15) is 5.75 Å². The number of carbonyl (C=O) groups excluding carboxylic acids is 2. The van der Waals surface area contributed by atoms with Gasteiger partial charge < -0.3 is 20.3 Å². The number of alkyl halides is 2. The lowest BCUT2D eigenvalue weighted by atomic mass is 10.1. The van der Waals surface area contributed by atoms with Crippen LogP contribution in [0.25, 0.3) is 0 Å². The second-order valence-corrected chi connectivity index (χ2v) is 6.11. The van der Waals surface area contributed by atoms with Gasteiger partial charge in [-0.3, -0.25) is 9.59 Å². The molecule has 8 heteroatoms. The SMILES string of the molecule is CC1CC(=O)Nc2ccccc2N1C(=O)CNc1ccccc1OC(F)F. The summed E-state index contributed by atoms with van der Waals surface area (Å²) >= 11 is 0. The predicted molar refractivity (Wildman–Crippen MR) is 98.2 cm³/mol. The lowest BCUT2D eigenvalue weighted by Gasteiger charge is -2.28. The summed E-state index contributed by atoms with van der Waals surface area (Å²) in [6, 6.07) is 12.8. The van der Waals surface area contributed by atoms with E-state index < -0.39 is 6.61 Å². The standard InChI is InChI=1S/C19H19F2N3O3/c1-12-10-17(25)23-13-6-2-4-8-15(13)24(12)18(26)11-22-14-7-3-5-9-16(14)27-19(20)21/h2-9,12,19,22H,10-11H2,1H3,(H,23,25). The number of amides is 2. The molecule has 2 aromatic rings. The molecule has 3 rings (SSSR count). The van der Waals surface area contributed by atoms with Crippen LogP contribution in [0.2, 0.25) is 0 Å². The number of nitrogens with zero attached hydrogens (tertiary/aromatic N) is 1. The number of para-hydroxylation sites is 4. The van der Waals surface area contributed by atoms with Crippen molar-refractivity contribution in [2.24, 2.45) is 0 Å². The highest BCUT2D eigenvalue weighted by atomic mass is 19.3. The number of hydrogen-bond acceptors (Lipinski definition) is 4. The van der Waals surface area contributed by atoms with Gasteiger partial charge in [0, 0.05) is 12.5 Å². The summed E-state index contributed by atoms with van der Waals surface area (Å²) in [5, 5.41) is 5.63. The van der Waals surface area contributed by atoms with Gasteiger partial charge in [0.25, 0.3) is 0 Å². The molecule has 1 aliphatic heterocycles. The number of benzene rings is 2. The first-order chi connectivity index (χ1) is 13.0. The van der Waals surface area contributed by atoms with E-state index in [2.05, 4.69) is 15.4 Å². The van der Waals surface area contributed by atoms with E-state index in [9.17, 15) is 18.4 Å². The minimum Gasteiger partial charge on any atom is -0.433 e. The third-order valence-corrected chi connectivity index (χ3v) is 4.16. The van der Waals surface area contributed by atoms with Gasteiger partial charge in [-0.2, -0.15) is 8.78 Å². The maximum Gasteiger partial charge on any atom is 0.387 e. The molecule has 2 aromatic carbocycles. The van der Waals surface area contributed by atoms with Crippen LogP contribution in [-0.2, 0) is 9.59 Å². The topological polar surface area (TPSA) is 70.7 Å². The largest absolute Gasteiger partial charge is 0.433 e. The molecule has 0 saturated heterocycles. The fraction of sp³-hybridized carbons (Fsp3) is 0.263. The zero-order valence-electron chi connectivity index (χ0n) is 14.6. The molecule has 142 valence electrons. The van der Waals surface area contributed by atoms with Crippen LogP contribution in [0.5, 0.6) is 5.75 Å². The lowest BCUT2D eigenvalue weighted by molar-refractivity contribution is -0.118. The van der Waals surface area contributed by atoms with Crippen LogP contribution >= 0.6 is 0 Å². The van der Waals surface area contributed by atoms with Crippen LogP contribution in [0.4, 0.5) is 25.8 Å². The molecule has 2 N–H and O–H groups in total. The summed E-state index contributed by atoms with van der Waals surface area (Å²) < 4.78 is 29.5. The van der Waals surface area contributed by atoms with Crippen molar-refractivity contribution in [3.63, 3.8) is 0 Å². The van der Waals surface area contributed by atoms with Crippen molar-refractivity contribution >= 4 is 28.9 Å². The Morgan fingerprint density at radius 3 is 2.74 bits per heavy atom. The van der Waals surface area contributed by atoms with E-state index in [0.29, 0.717) is 11.4 Å². The Hall–Kier alpha value is -3.16. The molecule has 6 nitrogen and oxygen atoms in total. The molecule has 0 saturated carbocycles. The average Bonchev–Trinajstić information content (AvgIpc) is 2.74. The summed E-state index contributed by atoms with van der Waals surface area (Å²) in [7, 11) is 0. The zero-order valence-corrected chi connectivity index (χ0v) is 14.6. The molecule has 0 fully saturated rings. The fourth-order valence-corrected chi connectivity index (χ4v) is 3.04. The Morgan fingerprint density at radius 2 is 1.96 bits per heavy atom. The van der Waals surface area contributed by atoms with Crippen LogP contribution in [0, 0.1) is 0 Å². The van der Waals surface area contributed by atoms with Crippen LogP contribution in [0.1, 0.15) is 13.3 Å².